The van der Waals surface area contributed by atoms with E-state index in [0.29, 0.717) is 0 Å². The summed E-state index contributed by atoms with van der Waals surface area (Å²) in [6, 6.07) is 21.8. The minimum absolute atomic E-state index is 0.307. The summed E-state index contributed by atoms with van der Waals surface area (Å²) in [6.45, 7) is 0. The molecule has 0 aliphatic heterocycles. The van der Waals surface area contributed by atoms with Gasteiger partial charge in [0.2, 0.25) is 0 Å². The first-order valence-corrected chi connectivity index (χ1v) is 7.93. The van der Waals surface area contributed by atoms with Crippen molar-refractivity contribution in [3.63, 3.8) is 0 Å². The van der Waals surface area contributed by atoms with Gasteiger partial charge >= 0.3 is 0 Å². The van der Waals surface area contributed by atoms with Crippen molar-refractivity contribution in [2.45, 2.75) is 19.3 Å². The molecule has 0 nitrogen and oxygen atoms in total. The molecule has 0 amide bonds. The lowest BCUT2D eigenvalue weighted by atomic mass is 9.95. The molecule has 18 heavy (non-hydrogen) atoms. The third-order valence-corrected chi connectivity index (χ3v) is 5.71. The fourth-order valence-corrected chi connectivity index (χ4v) is 4.37. The Bertz CT molecular complexity index is 483. The molecule has 0 aromatic heterocycles. The van der Waals surface area contributed by atoms with E-state index in [4.69, 9.17) is 0 Å². The van der Waals surface area contributed by atoms with Crippen LogP contribution in [0, 0.1) is 0 Å². The summed E-state index contributed by atoms with van der Waals surface area (Å²) in [4.78, 5) is 0. The van der Waals surface area contributed by atoms with Crippen molar-refractivity contribution in [2.75, 3.05) is 0 Å². The topological polar surface area (TPSA) is 0 Å². The smallest absolute Gasteiger partial charge is 0.0157 e. The van der Waals surface area contributed by atoms with E-state index < -0.39 is 0 Å². The van der Waals surface area contributed by atoms with Crippen LogP contribution in [0.25, 0.3) is 0 Å². The Hall–Kier alpha value is -1.39. The standard InChI is InChI=1S/C17H17P/c1-3-10-16(11-4-1)18(14-15-8-7-9-15)17-12-5-2-6-13-17/h1-6,10-14H,7-9H2. The van der Waals surface area contributed by atoms with E-state index in [1.807, 2.05) is 0 Å². The zero-order valence-corrected chi connectivity index (χ0v) is 11.3. The molecule has 3 rings (SSSR count). The largest absolute Gasteiger partial charge is 0.0691 e. The van der Waals surface area contributed by atoms with E-state index in [1.54, 1.807) is 5.57 Å². The summed E-state index contributed by atoms with van der Waals surface area (Å²) in [5.41, 5.74) is 1.65. The van der Waals surface area contributed by atoms with Crippen molar-refractivity contribution in [1.82, 2.24) is 0 Å². The average Bonchev–Trinajstić information content (AvgIpc) is 2.40. The van der Waals surface area contributed by atoms with Gasteiger partial charge in [-0.25, -0.2) is 0 Å². The minimum Gasteiger partial charge on any atom is -0.0691 e. The molecule has 1 aliphatic carbocycles. The maximum absolute atomic E-state index is 2.53. The molecule has 0 heterocycles. The average molecular weight is 252 g/mol. The van der Waals surface area contributed by atoms with Gasteiger partial charge in [-0.1, -0.05) is 72.1 Å². The molecule has 2 aromatic rings. The van der Waals surface area contributed by atoms with Gasteiger partial charge in [0.15, 0.2) is 0 Å². The number of hydrogen-bond donors (Lipinski definition) is 0. The van der Waals surface area contributed by atoms with Crippen molar-refractivity contribution in [1.29, 1.82) is 0 Å². The van der Waals surface area contributed by atoms with Crippen LogP contribution in [0.1, 0.15) is 19.3 Å². The van der Waals surface area contributed by atoms with Crippen LogP contribution >= 0.6 is 7.92 Å². The highest BCUT2D eigenvalue weighted by molar-refractivity contribution is 7.75. The third kappa shape index (κ3) is 2.54. The third-order valence-electron chi connectivity index (χ3n) is 3.38. The van der Waals surface area contributed by atoms with Crippen LogP contribution in [0.3, 0.4) is 0 Å². The molecular formula is C17H17P. The van der Waals surface area contributed by atoms with Crippen molar-refractivity contribution >= 4 is 18.5 Å². The van der Waals surface area contributed by atoms with Gasteiger partial charge in [-0.05, 0) is 37.8 Å². The Morgan fingerprint density at radius 1 is 0.722 bits per heavy atom. The Balaban J connectivity index is 1.99. The molecule has 0 saturated heterocycles. The van der Waals surface area contributed by atoms with Crippen molar-refractivity contribution in [3.8, 4) is 0 Å². The summed E-state index contributed by atoms with van der Waals surface area (Å²) >= 11 is 0. The SMILES string of the molecule is C(=C1CCC1)P(c1ccccc1)c1ccccc1. The molecule has 1 heteroatoms. The fourth-order valence-electron chi connectivity index (χ4n) is 2.17. The highest BCUT2D eigenvalue weighted by Crippen LogP contribution is 2.40. The maximum atomic E-state index is 2.53. The zero-order valence-electron chi connectivity index (χ0n) is 10.4. The van der Waals surface area contributed by atoms with E-state index >= 15 is 0 Å². The van der Waals surface area contributed by atoms with E-state index in [1.165, 1.54) is 29.9 Å². The molecule has 1 saturated carbocycles. The van der Waals surface area contributed by atoms with Crippen molar-refractivity contribution in [3.05, 3.63) is 72.1 Å². The first kappa shape index (κ1) is 11.7. The summed E-state index contributed by atoms with van der Waals surface area (Å²) in [5.74, 6) is 2.53. The fraction of sp³-hybridized carbons (Fsp3) is 0.176. The monoisotopic (exact) mass is 252 g/mol. The Labute approximate surface area is 110 Å². The van der Waals surface area contributed by atoms with Crippen LogP contribution in [0.2, 0.25) is 0 Å². The predicted molar refractivity (Wildman–Crippen MR) is 81.0 cm³/mol. The maximum Gasteiger partial charge on any atom is -0.0157 e. The summed E-state index contributed by atoms with van der Waals surface area (Å²) in [7, 11) is -0.307. The highest BCUT2D eigenvalue weighted by atomic mass is 31.1. The molecular weight excluding hydrogens is 235 g/mol. The van der Waals surface area contributed by atoms with Gasteiger partial charge in [-0.3, -0.25) is 0 Å². The summed E-state index contributed by atoms with van der Waals surface area (Å²) in [5, 5.41) is 2.91. The Morgan fingerprint density at radius 3 is 1.61 bits per heavy atom. The minimum atomic E-state index is -0.307. The normalized spacial score (nSPS) is 14.4. The summed E-state index contributed by atoms with van der Waals surface area (Å²) < 4.78 is 0. The molecule has 0 radical (unpaired) electrons. The number of rotatable bonds is 3. The van der Waals surface area contributed by atoms with E-state index in [0.717, 1.165) is 0 Å². The highest BCUT2D eigenvalue weighted by Gasteiger charge is 2.15. The molecule has 0 spiro atoms. The lowest BCUT2D eigenvalue weighted by molar-refractivity contribution is 0.665. The molecule has 0 unspecified atom stereocenters. The second-order valence-electron chi connectivity index (χ2n) is 4.68. The van der Waals surface area contributed by atoms with Crippen LogP contribution in [0.5, 0.6) is 0 Å². The Morgan fingerprint density at radius 2 is 1.22 bits per heavy atom. The van der Waals surface area contributed by atoms with Gasteiger partial charge in [0.25, 0.3) is 0 Å². The van der Waals surface area contributed by atoms with Crippen LogP contribution < -0.4 is 10.6 Å². The molecule has 2 aromatic carbocycles. The lowest BCUT2D eigenvalue weighted by Gasteiger charge is -2.21. The molecule has 0 atom stereocenters. The van der Waals surface area contributed by atoms with Gasteiger partial charge in [-0.15, -0.1) is 0 Å². The van der Waals surface area contributed by atoms with Crippen molar-refractivity contribution in [2.24, 2.45) is 0 Å². The number of allylic oxidation sites excluding steroid dienone is 1. The van der Waals surface area contributed by atoms with Crippen LogP contribution in [0.4, 0.5) is 0 Å². The first-order chi connectivity index (χ1) is 8.93. The molecule has 1 fully saturated rings. The van der Waals surface area contributed by atoms with Gasteiger partial charge in [0, 0.05) is 0 Å². The predicted octanol–water partition coefficient (Wildman–Crippen LogP) is 4.19. The second kappa shape index (κ2) is 5.50. The van der Waals surface area contributed by atoms with Crippen LogP contribution in [-0.4, -0.2) is 0 Å². The van der Waals surface area contributed by atoms with E-state index in [-0.39, 0.29) is 7.92 Å². The van der Waals surface area contributed by atoms with Gasteiger partial charge in [0.1, 0.15) is 0 Å². The van der Waals surface area contributed by atoms with E-state index in [2.05, 4.69) is 66.5 Å². The molecule has 0 N–H and O–H groups in total. The second-order valence-corrected chi connectivity index (χ2v) is 6.71. The first-order valence-electron chi connectivity index (χ1n) is 6.52. The molecule has 1 aliphatic rings. The number of hydrogen-bond acceptors (Lipinski definition) is 0. The quantitative estimate of drug-likeness (QED) is 0.719. The lowest BCUT2D eigenvalue weighted by Crippen LogP contribution is -2.11. The van der Waals surface area contributed by atoms with E-state index in [9.17, 15) is 0 Å². The molecule has 90 valence electrons. The Kier molecular flexibility index (Phi) is 3.57. The van der Waals surface area contributed by atoms with Gasteiger partial charge in [-0.2, -0.15) is 0 Å². The molecule has 0 bridgehead atoms. The zero-order chi connectivity index (χ0) is 12.2. The van der Waals surface area contributed by atoms with Crippen molar-refractivity contribution < 1.29 is 0 Å². The van der Waals surface area contributed by atoms with Crippen LogP contribution in [0.15, 0.2) is 72.1 Å². The van der Waals surface area contributed by atoms with Crippen LogP contribution in [-0.2, 0) is 0 Å². The summed E-state index contributed by atoms with van der Waals surface area (Å²) in [6.07, 6.45) is 3.98. The van der Waals surface area contributed by atoms with Gasteiger partial charge < -0.3 is 0 Å². The number of benzene rings is 2. The van der Waals surface area contributed by atoms with Gasteiger partial charge in [0.05, 0.1) is 0 Å².